The minimum absolute atomic E-state index is 0.247. The fraction of sp³-hybridized carbons (Fsp3) is 0.250. The number of rotatable bonds is 3. The van der Waals surface area contributed by atoms with Gasteiger partial charge in [-0.2, -0.15) is 0 Å². The molecule has 0 aliphatic carbocycles. The van der Waals surface area contributed by atoms with E-state index in [4.69, 9.17) is 17.3 Å². The lowest BCUT2D eigenvalue weighted by Crippen LogP contribution is -2.29. The van der Waals surface area contributed by atoms with Crippen LogP contribution in [0.2, 0.25) is 5.02 Å². The zero-order valence-corrected chi connectivity index (χ0v) is 7.71. The van der Waals surface area contributed by atoms with E-state index >= 15 is 0 Å². The Bertz CT molecular complexity index is 303. The molecule has 0 aliphatic heterocycles. The average molecular weight is 200 g/mol. The first kappa shape index (κ1) is 9.95. The van der Waals surface area contributed by atoms with Crippen LogP contribution in [-0.2, 0) is 0 Å². The normalized spacial score (nSPS) is 9.69. The topological polar surface area (TPSA) is 68.0 Å². The van der Waals surface area contributed by atoms with Crippen LogP contribution in [0.15, 0.2) is 18.5 Å². The highest BCUT2D eigenvalue weighted by atomic mass is 35.5. The van der Waals surface area contributed by atoms with Gasteiger partial charge in [0, 0.05) is 25.5 Å². The van der Waals surface area contributed by atoms with Crippen LogP contribution >= 0.6 is 11.6 Å². The molecule has 0 bridgehead atoms. The van der Waals surface area contributed by atoms with Crippen molar-refractivity contribution in [3.8, 4) is 0 Å². The van der Waals surface area contributed by atoms with Gasteiger partial charge >= 0.3 is 0 Å². The van der Waals surface area contributed by atoms with Gasteiger partial charge in [0.25, 0.3) is 5.91 Å². The maximum atomic E-state index is 11.3. The van der Waals surface area contributed by atoms with Crippen molar-refractivity contribution in [3.63, 3.8) is 0 Å². The van der Waals surface area contributed by atoms with E-state index in [9.17, 15) is 4.79 Å². The fourth-order valence-corrected chi connectivity index (χ4v) is 1.02. The van der Waals surface area contributed by atoms with E-state index in [1.54, 1.807) is 6.07 Å². The van der Waals surface area contributed by atoms with E-state index in [1.807, 2.05) is 0 Å². The molecule has 0 fully saturated rings. The standard InChI is InChI=1S/C8H10ClN3O/c9-7-1-3-11-5-6(7)8(13)12-4-2-10/h1,3,5H,2,4,10H2,(H,12,13). The molecule has 0 unspecified atom stereocenters. The first-order valence-corrected chi connectivity index (χ1v) is 4.21. The molecule has 0 saturated carbocycles. The summed E-state index contributed by atoms with van der Waals surface area (Å²) in [4.78, 5) is 15.1. The number of carbonyl (C=O) groups excluding carboxylic acids is 1. The van der Waals surface area contributed by atoms with Gasteiger partial charge < -0.3 is 11.1 Å². The quantitative estimate of drug-likeness (QED) is 0.742. The van der Waals surface area contributed by atoms with Gasteiger partial charge in [-0.3, -0.25) is 9.78 Å². The first-order valence-electron chi connectivity index (χ1n) is 3.83. The van der Waals surface area contributed by atoms with Gasteiger partial charge in [0.2, 0.25) is 0 Å². The van der Waals surface area contributed by atoms with Crippen molar-refractivity contribution in [2.24, 2.45) is 5.73 Å². The molecule has 4 nitrogen and oxygen atoms in total. The molecule has 1 aromatic rings. The largest absolute Gasteiger partial charge is 0.351 e. The minimum Gasteiger partial charge on any atom is -0.351 e. The monoisotopic (exact) mass is 199 g/mol. The smallest absolute Gasteiger partial charge is 0.254 e. The van der Waals surface area contributed by atoms with Crippen LogP contribution < -0.4 is 11.1 Å². The summed E-state index contributed by atoms with van der Waals surface area (Å²) in [6, 6.07) is 1.57. The van der Waals surface area contributed by atoms with E-state index in [-0.39, 0.29) is 5.91 Å². The zero-order chi connectivity index (χ0) is 9.68. The van der Waals surface area contributed by atoms with Crippen molar-refractivity contribution >= 4 is 17.5 Å². The summed E-state index contributed by atoms with van der Waals surface area (Å²) in [6.07, 6.45) is 2.95. The number of amides is 1. The van der Waals surface area contributed by atoms with E-state index in [1.165, 1.54) is 12.4 Å². The lowest BCUT2D eigenvalue weighted by Gasteiger charge is -2.03. The molecule has 3 N–H and O–H groups in total. The molecule has 70 valence electrons. The van der Waals surface area contributed by atoms with Crippen LogP contribution in [0.5, 0.6) is 0 Å². The Morgan fingerprint density at radius 3 is 3.08 bits per heavy atom. The third-order valence-corrected chi connectivity index (χ3v) is 1.77. The summed E-state index contributed by atoms with van der Waals surface area (Å²) >= 11 is 5.77. The summed E-state index contributed by atoms with van der Waals surface area (Å²) in [6.45, 7) is 0.841. The molecule has 1 heterocycles. The van der Waals surface area contributed by atoms with Crippen LogP contribution in [0.1, 0.15) is 10.4 Å². The molecule has 5 heteroatoms. The van der Waals surface area contributed by atoms with Gasteiger partial charge in [-0.15, -0.1) is 0 Å². The van der Waals surface area contributed by atoms with Crippen molar-refractivity contribution in [2.45, 2.75) is 0 Å². The van der Waals surface area contributed by atoms with Crippen LogP contribution in [0, 0.1) is 0 Å². The van der Waals surface area contributed by atoms with Crippen molar-refractivity contribution in [2.75, 3.05) is 13.1 Å². The second-order valence-corrected chi connectivity index (χ2v) is 2.81. The SMILES string of the molecule is NCCNC(=O)c1cnccc1Cl. The van der Waals surface area contributed by atoms with Gasteiger partial charge in [-0.1, -0.05) is 11.6 Å². The molecule has 1 aromatic heterocycles. The van der Waals surface area contributed by atoms with Gasteiger partial charge in [-0.25, -0.2) is 0 Å². The highest BCUT2D eigenvalue weighted by Crippen LogP contribution is 2.12. The van der Waals surface area contributed by atoms with Gasteiger partial charge in [0.15, 0.2) is 0 Å². The summed E-state index contributed by atoms with van der Waals surface area (Å²) in [5.74, 6) is -0.247. The molecule has 1 amide bonds. The van der Waals surface area contributed by atoms with Crippen molar-refractivity contribution in [1.29, 1.82) is 0 Å². The lowest BCUT2D eigenvalue weighted by atomic mass is 10.2. The van der Waals surface area contributed by atoms with Crippen LogP contribution in [0.4, 0.5) is 0 Å². The molecule has 0 radical (unpaired) electrons. The maximum Gasteiger partial charge on any atom is 0.254 e. The Balaban J connectivity index is 2.71. The van der Waals surface area contributed by atoms with Crippen LogP contribution in [0.25, 0.3) is 0 Å². The number of halogens is 1. The fourth-order valence-electron chi connectivity index (χ4n) is 0.825. The molecule has 0 aliphatic rings. The Kier molecular flexibility index (Phi) is 3.67. The average Bonchev–Trinajstić information content (AvgIpc) is 2.15. The maximum absolute atomic E-state index is 11.3. The number of aromatic nitrogens is 1. The third-order valence-electron chi connectivity index (χ3n) is 1.44. The minimum atomic E-state index is -0.247. The zero-order valence-electron chi connectivity index (χ0n) is 6.96. The van der Waals surface area contributed by atoms with E-state index in [0.717, 1.165) is 0 Å². The molecule has 0 atom stereocenters. The van der Waals surface area contributed by atoms with Crippen molar-refractivity contribution in [1.82, 2.24) is 10.3 Å². The number of carbonyl (C=O) groups is 1. The van der Waals surface area contributed by atoms with Crippen molar-refractivity contribution in [3.05, 3.63) is 29.0 Å². The highest BCUT2D eigenvalue weighted by Gasteiger charge is 2.08. The Morgan fingerprint density at radius 1 is 1.69 bits per heavy atom. The van der Waals surface area contributed by atoms with Gasteiger partial charge in [0.1, 0.15) is 0 Å². The highest BCUT2D eigenvalue weighted by molar-refractivity contribution is 6.33. The molecular weight excluding hydrogens is 190 g/mol. The second kappa shape index (κ2) is 4.79. The predicted molar refractivity (Wildman–Crippen MR) is 50.6 cm³/mol. The van der Waals surface area contributed by atoms with Gasteiger partial charge in [-0.05, 0) is 6.07 Å². The molecule has 13 heavy (non-hydrogen) atoms. The van der Waals surface area contributed by atoms with Crippen LogP contribution in [0.3, 0.4) is 0 Å². The Morgan fingerprint density at radius 2 is 2.46 bits per heavy atom. The number of hydrogen-bond acceptors (Lipinski definition) is 3. The summed E-state index contributed by atoms with van der Waals surface area (Å²) in [5, 5.41) is 2.99. The molecular formula is C8H10ClN3O. The third kappa shape index (κ3) is 2.68. The molecule has 0 spiro atoms. The summed E-state index contributed by atoms with van der Waals surface area (Å²) in [7, 11) is 0. The molecule has 0 aromatic carbocycles. The predicted octanol–water partition coefficient (Wildman–Crippen LogP) is 0.424. The lowest BCUT2D eigenvalue weighted by molar-refractivity contribution is 0.0954. The first-order chi connectivity index (χ1) is 6.25. The molecule has 1 rings (SSSR count). The van der Waals surface area contributed by atoms with E-state index in [2.05, 4.69) is 10.3 Å². The Labute approximate surface area is 81.1 Å². The Hall–Kier alpha value is -1.13. The number of nitrogens with two attached hydrogens (primary N) is 1. The number of pyridine rings is 1. The summed E-state index contributed by atoms with van der Waals surface area (Å²) < 4.78 is 0. The summed E-state index contributed by atoms with van der Waals surface area (Å²) in [5.41, 5.74) is 5.60. The second-order valence-electron chi connectivity index (χ2n) is 2.40. The van der Waals surface area contributed by atoms with E-state index in [0.29, 0.717) is 23.7 Å². The van der Waals surface area contributed by atoms with Crippen LogP contribution in [-0.4, -0.2) is 24.0 Å². The number of nitrogens with one attached hydrogen (secondary N) is 1. The van der Waals surface area contributed by atoms with Gasteiger partial charge in [0.05, 0.1) is 10.6 Å². The van der Waals surface area contributed by atoms with Crippen molar-refractivity contribution < 1.29 is 4.79 Å². The number of hydrogen-bond donors (Lipinski definition) is 2. The van der Waals surface area contributed by atoms with E-state index < -0.39 is 0 Å². The molecule has 0 saturated heterocycles. The number of nitrogens with zero attached hydrogens (tertiary/aromatic N) is 1.